The highest BCUT2D eigenvalue weighted by Crippen LogP contribution is 2.31. The highest BCUT2D eigenvalue weighted by molar-refractivity contribution is 7.99. The number of thioether (sulfide) groups is 1. The summed E-state index contributed by atoms with van der Waals surface area (Å²) in [5.41, 5.74) is 2.03. The molecule has 0 amide bonds. The lowest BCUT2D eigenvalue weighted by molar-refractivity contribution is 0.423. The van der Waals surface area contributed by atoms with Crippen LogP contribution < -0.4 is 0 Å². The summed E-state index contributed by atoms with van der Waals surface area (Å²) < 4.78 is 2.34. The molecule has 1 saturated heterocycles. The number of hydrogen-bond acceptors (Lipinski definition) is 4. The van der Waals surface area contributed by atoms with Gasteiger partial charge in [-0.3, -0.25) is 0 Å². The Morgan fingerprint density at radius 1 is 1.19 bits per heavy atom. The van der Waals surface area contributed by atoms with E-state index in [1.165, 1.54) is 29.2 Å². The van der Waals surface area contributed by atoms with Crippen molar-refractivity contribution in [3.63, 3.8) is 0 Å². The number of pyridine rings is 1. The molecule has 3 nitrogen and oxygen atoms in total. The van der Waals surface area contributed by atoms with Crippen molar-refractivity contribution in [1.82, 2.24) is 14.5 Å². The van der Waals surface area contributed by atoms with Crippen LogP contribution in [0.3, 0.4) is 0 Å². The second kappa shape index (κ2) is 5.81. The Bertz CT molecular complexity index is 727. The summed E-state index contributed by atoms with van der Waals surface area (Å²) in [4.78, 5) is 10.6. The minimum atomic E-state index is 0.754. The number of hydrogen-bond donors (Lipinski definition) is 0. The van der Waals surface area contributed by atoms with Gasteiger partial charge in [-0.15, -0.1) is 11.3 Å². The smallest absolute Gasteiger partial charge is 0.160 e. The van der Waals surface area contributed by atoms with Crippen LogP contribution in [0.5, 0.6) is 0 Å². The molecule has 0 atom stereocenters. The van der Waals surface area contributed by atoms with Crippen molar-refractivity contribution in [2.75, 3.05) is 11.5 Å². The predicted molar refractivity (Wildman–Crippen MR) is 90.9 cm³/mol. The molecule has 3 aromatic heterocycles. The van der Waals surface area contributed by atoms with Crippen LogP contribution in [0.15, 0.2) is 35.8 Å². The van der Waals surface area contributed by atoms with Gasteiger partial charge >= 0.3 is 0 Å². The Hall–Kier alpha value is -1.33. The summed E-state index contributed by atoms with van der Waals surface area (Å²) in [5.74, 6) is 4.42. The maximum Gasteiger partial charge on any atom is 0.160 e. The average molecular weight is 315 g/mol. The van der Waals surface area contributed by atoms with E-state index in [4.69, 9.17) is 4.98 Å². The topological polar surface area (TPSA) is 30.7 Å². The van der Waals surface area contributed by atoms with Crippen LogP contribution in [-0.4, -0.2) is 26.0 Å². The molecule has 0 spiro atoms. The predicted octanol–water partition coefficient (Wildman–Crippen LogP) is 4.30. The molecule has 0 saturated carbocycles. The zero-order valence-electron chi connectivity index (χ0n) is 11.7. The maximum absolute atomic E-state index is 4.83. The zero-order valence-corrected chi connectivity index (χ0v) is 13.4. The lowest BCUT2D eigenvalue weighted by Crippen LogP contribution is -2.17. The van der Waals surface area contributed by atoms with Gasteiger partial charge in [0.25, 0.3) is 0 Å². The van der Waals surface area contributed by atoms with Gasteiger partial charge in [-0.25, -0.2) is 9.97 Å². The molecular weight excluding hydrogens is 298 g/mol. The summed E-state index contributed by atoms with van der Waals surface area (Å²) >= 11 is 3.83. The van der Waals surface area contributed by atoms with Gasteiger partial charge in [0.05, 0.1) is 4.88 Å². The summed E-state index contributed by atoms with van der Waals surface area (Å²) in [7, 11) is 0. The van der Waals surface area contributed by atoms with E-state index >= 15 is 0 Å². The minimum absolute atomic E-state index is 0.754. The van der Waals surface area contributed by atoms with Crippen molar-refractivity contribution in [2.24, 2.45) is 5.92 Å². The second-order valence-electron chi connectivity index (χ2n) is 5.43. The molecule has 21 heavy (non-hydrogen) atoms. The van der Waals surface area contributed by atoms with Gasteiger partial charge in [-0.2, -0.15) is 11.8 Å². The molecule has 5 heteroatoms. The molecule has 1 aliphatic heterocycles. The molecular formula is C16H17N3S2. The van der Waals surface area contributed by atoms with E-state index in [0.29, 0.717) is 0 Å². The van der Waals surface area contributed by atoms with Crippen molar-refractivity contribution in [1.29, 1.82) is 0 Å². The van der Waals surface area contributed by atoms with Gasteiger partial charge < -0.3 is 4.57 Å². The molecule has 0 N–H and O–H groups in total. The van der Waals surface area contributed by atoms with E-state index in [2.05, 4.69) is 44.9 Å². The molecule has 0 radical (unpaired) electrons. The first-order valence-electron chi connectivity index (χ1n) is 7.35. The van der Waals surface area contributed by atoms with Gasteiger partial charge in [-0.1, -0.05) is 6.07 Å². The third-order valence-corrected chi connectivity index (χ3v) is 5.94. The molecule has 0 bridgehead atoms. The molecule has 0 unspecified atom stereocenters. The first-order valence-corrected chi connectivity index (χ1v) is 9.38. The van der Waals surface area contributed by atoms with Crippen LogP contribution in [0.1, 0.15) is 12.8 Å². The van der Waals surface area contributed by atoms with Gasteiger partial charge in [0, 0.05) is 12.7 Å². The summed E-state index contributed by atoms with van der Waals surface area (Å²) in [6.45, 7) is 1.04. The normalized spacial score (nSPS) is 16.6. The molecule has 3 aromatic rings. The molecule has 108 valence electrons. The van der Waals surface area contributed by atoms with Crippen LogP contribution in [0.25, 0.3) is 21.9 Å². The highest BCUT2D eigenvalue weighted by Gasteiger charge is 2.20. The fourth-order valence-corrected chi connectivity index (χ4v) is 4.84. The fraction of sp³-hybridized carbons (Fsp3) is 0.375. The van der Waals surface area contributed by atoms with E-state index < -0.39 is 0 Å². The van der Waals surface area contributed by atoms with Crippen molar-refractivity contribution < 1.29 is 0 Å². The number of imidazole rings is 1. The second-order valence-corrected chi connectivity index (χ2v) is 7.60. The van der Waals surface area contributed by atoms with Crippen molar-refractivity contribution in [3.05, 3.63) is 35.8 Å². The van der Waals surface area contributed by atoms with Crippen LogP contribution in [0, 0.1) is 5.92 Å². The number of aromatic nitrogens is 3. The molecule has 4 rings (SSSR count). The van der Waals surface area contributed by atoms with Crippen LogP contribution >= 0.6 is 23.1 Å². The summed E-state index contributed by atoms with van der Waals surface area (Å²) in [6, 6.07) is 8.27. The largest absolute Gasteiger partial charge is 0.308 e. The van der Waals surface area contributed by atoms with E-state index in [1.807, 2.05) is 12.3 Å². The van der Waals surface area contributed by atoms with E-state index in [9.17, 15) is 0 Å². The Morgan fingerprint density at radius 2 is 2.10 bits per heavy atom. The monoisotopic (exact) mass is 315 g/mol. The Kier molecular flexibility index (Phi) is 3.69. The highest BCUT2D eigenvalue weighted by atomic mass is 32.2. The summed E-state index contributed by atoms with van der Waals surface area (Å²) in [5, 5.41) is 2.11. The van der Waals surface area contributed by atoms with E-state index in [-0.39, 0.29) is 0 Å². The first kappa shape index (κ1) is 13.3. The average Bonchev–Trinajstić information content (AvgIpc) is 3.16. The maximum atomic E-state index is 4.83. The van der Waals surface area contributed by atoms with E-state index in [1.54, 1.807) is 11.3 Å². The van der Waals surface area contributed by atoms with Crippen LogP contribution in [0.2, 0.25) is 0 Å². The van der Waals surface area contributed by atoms with Gasteiger partial charge in [0.2, 0.25) is 0 Å². The van der Waals surface area contributed by atoms with Crippen LogP contribution in [-0.2, 0) is 6.54 Å². The van der Waals surface area contributed by atoms with Gasteiger partial charge in [0.15, 0.2) is 11.5 Å². The Morgan fingerprint density at radius 3 is 2.90 bits per heavy atom. The Balaban J connectivity index is 1.78. The van der Waals surface area contributed by atoms with Crippen molar-refractivity contribution >= 4 is 34.3 Å². The number of nitrogens with zero attached hydrogens (tertiary/aromatic N) is 3. The van der Waals surface area contributed by atoms with E-state index in [0.717, 1.165) is 29.5 Å². The third kappa shape index (κ3) is 2.60. The molecule has 4 heterocycles. The lowest BCUT2D eigenvalue weighted by atomic mass is 10.0. The first-order chi connectivity index (χ1) is 10.4. The number of rotatable bonds is 3. The quantitative estimate of drug-likeness (QED) is 0.722. The van der Waals surface area contributed by atoms with Gasteiger partial charge in [0.1, 0.15) is 5.52 Å². The van der Waals surface area contributed by atoms with Crippen LogP contribution in [0.4, 0.5) is 0 Å². The minimum Gasteiger partial charge on any atom is -0.308 e. The lowest BCUT2D eigenvalue weighted by Gasteiger charge is -2.22. The fourth-order valence-electron chi connectivity index (χ4n) is 2.91. The summed E-state index contributed by atoms with van der Waals surface area (Å²) in [6.07, 6.45) is 4.48. The standard InChI is InChI=1S/C16H17N3S2/c1-3-13-15(17-7-1)19(11-12-5-9-20-10-6-12)16(18-13)14-4-2-8-21-14/h1-4,7-8,12H,5-6,9-11H2. The molecule has 0 aliphatic carbocycles. The SMILES string of the molecule is c1csc(-c2nc3cccnc3n2CC2CCSCC2)c1. The third-order valence-electron chi connectivity index (χ3n) is 4.03. The number of thiophene rings is 1. The van der Waals surface area contributed by atoms with Crippen molar-refractivity contribution in [3.8, 4) is 10.7 Å². The molecule has 1 fully saturated rings. The molecule has 0 aromatic carbocycles. The van der Waals surface area contributed by atoms with Gasteiger partial charge in [-0.05, 0) is 53.8 Å². The van der Waals surface area contributed by atoms with Crippen molar-refractivity contribution in [2.45, 2.75) is 19.4 Å². The number of fused-ring (bicyclic) bond motifs is 1. The Labute approximate surface area is 132 Å². The molecule has 1 aliphatic rings. The zero-order chi connectivity index (χ0) is 14.1.